The summed E-state index contributed by atoms with van der Waals surface area (Å²) >= 11 is 0. The molecule has 0 aromatic heterocycles. The highest BCUT2D eigenvalue weighted by atomic mass is 32.2. The van der Waals surface area contributed by atoms with E-state index in [-0.39, 0.29) is 22.8 Å². The minimum absolute atomic E-state index is 0.0325. The quantitative estimate of drug-likeness (QED) is 0.907. The first-order valence-electron chi connectivity index (χ1n) is 7.10. The molecular formula is C15H22N2O4S. The van der Waals surface area contributed by atoms with E-state index in [1.807, 2.05) is 20.8 Å². The van der Waals surface area contributed by atoms with Crippen LogP contribution in [-0.2, 0) is 14.8 Å². The predicted molar refractivity (Wildman–Crippen MR) is 83.2 cm³/mol. The van der Waals surface area contributed by atoms with Crippen molar-refractivity contribution in [3.05, 3.63) is 24.3 Å². The SMILES string of the molecule is COc1ccc(S(=O)(=O)NC2CC(=O)N(C(C)(C)C)C2)cc1. The van der Waals surface area contributed by atoms with Gasteiger partial charge in [0.15, 0.2) is 0 Å². The highest BCUT2D eigenvalue weighted by Crippen LogP contribution is 2.23. The Morgan fingerprint density at radius 3 is 2.27 bits per heavy atom. The van der Waals surface area contributed by atoms with E-state index in [0.29, 0.717) is 12.3 Å². The van der Waals surface area contributed by atoms with Crippen LogP contribution in [0.4, 0.5) is 0 Å². The second kappa shape index (κ2) is 5.89. The summed E-state index contributed by atoms with van der Waals surface area (Å²) in [6.45, 7) is 6.19. The molecule has 0 radical (unpaired) electrons. The molecule has 0 aliphatic carbocycles. The number of carbonyl (C=O) groups excluding carboxylic acids is 1. The van der Waals surface area contributed by atoms with Crippen molar-refractivity contribution in [3.63, 3.8) is 0 Å². The van der Waals surface area contributed by atoms with E-state index in [4.69, 9.17) is 4.74 Å². The standard InChI is InChI=1S/C15H22N2O4S/c1-15(2,3)17-10-11(9-14(17)18)16-22(19,20)13-7-5-12(21-4)6-8-13/h5-8,11,16H,9-10H2,1-4H3. The number of benzene rings is 1. The van der Waals surface area contributed by atoms with Crippen molar-refractivity contribution in [2.24, 2.45) is 0 Å². The highest BCUT2D eigenvalue weighted by molar-refractivity contribution is 7.89. The lowest BCUT2D eigenvalue weighted by Gasteiger charge is -2.32. The van der Waals surface area contributed by atoms with E-state index in [2.05, 4.69) is 4.72 Å². The minimum Gasteiger partial charge on any atom is -0.497 e. The summed E-state index contributed by atoms with van der Waals surface area (Å²) in [5, 5.41) is 0. The second-order valence-electron chi connectivity index (χ2n) is 6.37. The molecule has 7 heteroatoms. The molecule has 6 nitrogen and oxygen atoms in total. The monoisotopic (exact) mass is 326 g/mol. The first-order valence-corrected chi connectivity index (χ1v) is 8.58. The van der Waals surface area contributed by atoms with Crippen LogP contribution in [0.5, 0.6) is 5.75 Å². The number of nitrogens with one attached hydrogen (secondary N) is 1. The van der Waals surface area contributed by atoms with Gasteiger partial charge in [-0.15, -0.1) is 0 Å². The molecule has 1 heterocycles. The van der Waals surface area contributed by atoms with Crippen LogP contribution in [0.2, 0.25) is 0 Å². The molecule has 1 N–H and O–H groups in total. The molecule has 0 spiro atoms. The van der Waals surface area contributed by atoms with E-state index in [9.17, 15) is 13.2 Å². The third-order valence-corrected chi connectivity index (χ3v) is 5.16. The minimum atomic E-state index is -3.65. The lowest BCUT2D eigenvalue weighted by atomic mass is 10.1. The predicted octanol–water partition coefficient (Wildman–Crippen LogP) is 1.37. The molecule has 0 bridgehead atoms. The van der Waals surface area contributed by atoms with Crippen LogP contribution in [0.1, 0.15) is 27.2 Å². The summed E-state index contributed by atoms with van der Waals surface area (Å²) in [7, 11) is -2.12. The van der Waals surface area contributed by atoms with Crippen molar-refractivity contribution in [2.75, 3.05) is 13.7 Å². The first kappa shape index (κ1) is 16.8. The van der Waals surface area contributed by atoms with Crippen LogP contribution in [0.3, 0.4) is 0 Å². The molecule has 2 rings (SSSR count). The molecule has 1 amide bonds. The van der Waals surface area contributed by atoms with Crippen molar-refractivity contribution >= 4 is 15.9 Å². The molecule has 1 aromatic rings. The van der Waals surface area contributed by atoms with Gasteiger partial charge in [0.05, 0.1) is 12.0 Å². The number of ether oxygens (including phenoxy) is 1. The summed E-state index contributed by atoms with van der Waals surface area (Å²) in [6, 6.07) is 5.75. The average Bonchev–Trinajstić information content (AvgIpc) is 2.79. The summed E-state index contributed by atoms with van der Waals surface area (Å²) < 4.78 is 32.4. The Morgan fingerprint density at radius 2 is 1.82 bits per heavy atom. The van der Waals surface area contributed by atoms with E-state index in [0.717, 1.165) is 0 Å². The lowest BCUT2D eigenvalue weighted by molar-refractivity contribution is -0.131. The fraction of sp³-hybridized carbons (Fsp3) is 0.533. The Morgan fingerprint density at radius 1 is 1.23 bits per heavy atom. The number of hydrogen-bond donors (Lipinski definition) is 1. The van der Waals surface area contributed by atoms with Gasteiger partial charge < -0.3 is 9.64 Å². The molecule has 1 unspecified atom stereocenters. The van der Waals surface area contributed by atoms with Gasteiger partial charge in [0.25, 0.3) is 0 Å². The molecule has 1 saturated heterocycles. The number of carbonyl (C=O) groups is 1. The van der Waals surface area contributed by atoms with Gasteiger partial charge in [-0.1, -0.05) is 0 Å². The Kier molecular flexibility index (Phi) is 4.49. The van der Waals surface area contributed by atoms with Gasteiger partial charge in [-0.05, 0) is 45.0 Å². The Bertz CT molecular complexity index is 647. The largest absolute Gasteiger partial charge is 0.497 e. The third kappa shape index (κ3) is 3.59. The van der Waals surface area contributed by atoms with E-state index in [1.54, 1.807) is 17.0 Å². The Labute approximate surface area is 131 Å². The normalized spacial score (nSPS) is 19.5. The van der Waals surface area contributed by atoms with Crippen molar-refractivity contribution in [1.82, 2.24) is 9.62 Å². The van der Waals surface area contributed by atoms with Crippen LogP contribution in [0.25, 0.3) is 0 Å². The molecule has 22 heavy (non-hydrogen) atoms. The van der Waals surface area contributed by atoms with Gasteiger partial charge in [-0.3, -0.25) is 4.79 Å². The molecule has 1 fully saturated rings. The second-order valence-corrected chi connectivity index (χ2v) is 8.09. The molecule has 1 aliphatic rings. The van der Waals surface area contributed by atoms with Gasteiger partial charge in [0.2, 0.25) is 15.9 Å². The van der Waals surface area contributed by atoms with Crippen molar-refractivity contribution in [3.8, 4) is 5.75 Å². The van der Waals surface area contributed by atoms with Gasteiger partial charge in [-0.25, -0.2) is 13.1 Å². The van der Waals surface area contributed by atoms with Gasteiger partial charge >= 0.3 is 0 Å². The molecule has 0 saturated carbocycles. The molecule has 1 aromatic carbocycles. The lowest BCUT2D eigenvalue weighted by Crippen LogP contribution is -2.44. The molecule has 1 aliphatic heterocycles. The van der Waals surface area contributed by atoms with Gasteiger partial charge in [-0.2, -0.15) is 0 Å². The molecule has 1 atom stereocenters. The maximum Gasteiger partial charge on any atom is 0.240 e. The van der Waals surface area contributed by atoms with E-state index < -0.39 is 16.1 Å². The number of sulfonamides is 1. The van der Waals surface area contributed by atoms with E-state index >= 15 is 0 Å². The topological polar surface area (TPSA) is 75.7 Å². The van der Waals surface area contributed by atoms with E-state index in [1.165, 1.54) is 19.2 Å². The van der Waals surface area contributed by atoms with Gasteiger partial charge in [0.1, 0.15) is 5.75 Å². The fourth-order valence-corrected chi connectivity index (χ4v) is 3.70. The number of methoxy groups -OCH3 is 1. The highest BCUT2D eigenvalue weighted by Gasteiger charge is 2.37. The average molecular weight is 326 g/mol. The van der Waals surface area contributed by atoms with Crippen LogP contribution in [0.15, 0.2) is 29.2 Å². The maximum absolute atomic E-state index is 12.4. The van der Waals surface area contributed by atoms with Gasteiger partial charge in [0, 0.05) is 24.5 Å². The first-order chi connectivity index (χ1) is 10.1. The summed E-state index contributed by atoms with van der Waals surface area (Å²) in [6.07, 6.45) is 0.187. The number of likely N-dealkylation sites (tertiary alicyclic amines) is 1. The van der Waals surface area contributed by atoms with Crippen LogP contribution in [0, 0.1) is 0 Å². The van der Waals surface area contributed by atoms with Crippen molar-refractivity contribution < 1.29 is 17.9 Å². The number of nitrogens with zero attached hydrogens (tertiary/aromatic N) is 1. The Hall–Kier alpha value is -1.60. The summed E-state index contributed by atoms with van der Waals surface area (Å²) in [4.78, 5) is 13.9. The zero-order valence-electron chi connectivity index (χ0n) is 13.3. The third-order valence-electron chi connectivity index (χ3n) is 3.63. The molecular weight excluding hydrogens is 304 g/mol. The summed E-state index contributed by atoms with van der Waals surface area (Å²) in [5.41, 5.74) is -0.308. The van der Waals surface area contributed by atoms with Crippen molar-refractivity contribution in [2.45, 2.75) is 43.7 Å². The smallest absolute Gasteiger partial charge is 0.240 e. The number of rotatable bonds is 4. The van der Waals surface area contributed by atoms with Crippen LogP contribution >= 0.6 is 0 Å². The molecule has 122 valence electrons. The van der Waals surface area contributed by atoms with Crippen molar-refractivity contribution in [1.29, 1.82) is 0 Å². The van der Waals surface area contributed by atoms with Crippen LogP contribution < -0.4 is 9.46 Å². The zero-order chi connectivity index (χ0) is 16.5. The maximum atomic E-state index is 12.4. The zero-order valence-corrected chi connectivity index (χ0v) is 14.1. The summed E-state index contributed by atoms with van der Waals surface area (Å²) in [5.74, 6) is 0.559. The number of hydrogen-bond acceptors (Lipinski definition) is 4. The number of amides is 1. The Balaban J connectivity index is 2.11. The fourth-order valence-electron chi connectivity index (χ4n) is 2.48. The van der Waals surface area contributed by atoms with Crippen LogP contribution in [-0.4, -0.2) is 44.5 Å².